The van der Waals surface area contributed by atoms with Gasteiger partial charge < -0.3 is 9.32 Å². The summed E-state index contributed by atoms with van der Waals surface area (Å²) in [6.07, 6.45) is 5.10. The van der Waals surface area contributed by atoms with Gasteiger partial charge in [-0.2, -0.15) is 0 Å². The molecule has 2 bridgehead atoms. The lowest BCUT2D eigenvalue weighted by atomic mass is 9.53. The zero-order valence-electron chi connectivity index (χ0n) is 27.9. The second kappa shape index (κ2) is 9.97. The van der Waals surface area contributed by atoms with Crippen LogP contribution in [0.15, 0.2) is 132 Å². The van der Waals surface area contributed by atoms with Gasteiger partial charge in [0, 0.05) is 33.0 Å². The van der Waals surface area contributed by atoms with Crippen molar-refractivity contribution in [2.24, 2.45) is 0 Å². The van der Waals surface area contributed by atoms with E-state index in [0.29, 0.717) is 5.92 Å². The lowest BCUT2D eigenvalue weighted by molar-refractivity contribution is 0.278. The topological polar surface area (TPSA) is 16.4 Å². The van der Waals surface area contributed by atoms with Gasteiger partial charge in [0.15, 0.2) is 0 Å². The van der Waals surface area contributed by atoms with Gasteiger partial charge in [0.1, 0.15) is 11.2 Å². The average Bonchev–Trinajstić information content (AvgIpc) is 3.52. The van der Waals surface area contributed by atoms with Gasteiger partial charge in [0.05, 0.1) is 11.4 Å². The Hall–Kier alpha value is -5.08. The third-order valence-corrected chi connectivity index (χ3v) is 11.7. The quantitative estimate of drug-likeness (QED) is 0.195. The molecule has 234 valence electrons. The Morgan fingerprint density at radius 2 is 1.27 bits per heavy atom. The molecule has 2 heterocycles. The summed E-state index contributed by atoms with van der Waals surface area (Å²) < 4.78 is 6.76. The van der Waals surface area contributed by atoms with Gasteiger partial charge in [-0.3, -0.25) is 0 Å². The largest absolute Gasteiger partial charge is 0.455 e. The zero-order chi connectivity index (χ0) is 32.2. The lowest BCUT2D eigenvalue weighted by Gasteiger charge is -2.54. The van der Waals surface area contributed by atoms with Gasteiger partial charge in [0.25, 0.3) is 0 Å². The molecular formula is C46H39NO. The third kappa shape index (κ3) is 3.86. The number of anilines is 3. The van der Waals surface area contributed by atoms with Crippen molar-refractivity contribution in [1.29, 1.82) is 0 Å². The molecule has 1 spiro atoms. The van der Waals surface area contributed by atoms with E-state index in [9.17, 15) is 0 Å². The van der Waals surface area contributed by atoms with Crippen LogP contribution < -0.4 is 4.90 Å². The Morgan fingerprint density at radius 1 is 0.625 bits per heavy atom. The molecular weight excluding hydrogens is 583 g/mol. The average molecular weight is 622 g/mol. The maximum atomic E-state index is 6.76. The van der Waals surface area contributed by atoms with E-state index in [1.807, 2.05) is 0 Å². The fraction of sp³-hybridized carbons (Fsp3) is 0.217. The van der Waals surface area contributed by atoms with Crippen LogP contribution in [0.25, 0.3) is 44.2 Å². The van der Waals surface area contributed by atoms with Gasteiger partial charge in [-0.15, -0.1) is 0 Å². The van der Waals surface area contributed by atoms with Crippen molar-refractivity contribution in [2.75, 3.05) is 4.90 Å². The summed E-state index contributed by atoms with van der Waals surface area (Å²) in [7, 11) is 0. The number of benzene rings is 6. The highest BCUT2D eigenvalue weighted by Crippen LogP contribution is 2.64. The summed E-state index contributed by atoms with van der Waals surface area (Å²) >= 11 is 0. The summed E-state index contributed by atoms with van der Waals surface area (Å²) in [6, 6.07) is 47.2. The molecule has 4 aliphatic rings. The molecule has 2 nitrogen and oxygen atoms in total. The van der Waals surface area contributed by atoms with Crippen molar-refractivity contribution >= 4 is 39.0 Å². The molecule has 0 saturated heterocycles. The van der Waals surface area contributed by atoms with Crippen LogP contribution in [0, 0.1) is 0 Å². The van der Waals surface area contributed by atoms with E-state index < -0.39 is 0 Å². The lowest BCUT2D eigenvalue weighted by Crippen LogP contribution is -2.43. The van der Waals surface area contributed by atoms with E-state index in [2.05, 4.69) is 153 Å². The van der Waals surface area contributed by atoms with Crippen LogP contribution in [-0.2, 0) is 10.8 Å². The first-order valence-electron chi connectivity index (χ1n) is 17.6. The van der Waals surface area contributed by atoms with Gasteiger partial charge in [-0.05, 0) is 94.7 Å². The van der Waals surface area contributed by atoms with E-state index in [4.69, 9.17) is 4.42 Å². The highest BCUT2D eigenvalue weighted by molar-refractivity contribution is 6.13. The van der Waals surface area contributed by atoms with Crippen LogP contribution in [0.3, 0.4) is 0 Å². The summed E-state index contributed by atoms with van der Waals surface area (Å²) in [5.41, 5.74) is 16.7. The Kier molecular flexibility index (Phi) is 5.81. The number of rotatable bonds is 3. The summed E-state index contributed by atoms with van der Waals surface area (Å²) in [5, 5.41) is 2.31. The van der Waals surface area contributed by atoms with Gasteiger partial charge in [-0.25, -0.2) is 0 Å². The summed E-state index contributed by atoms with van der Waals surface area (Å²) in [6.45, 7) is 7.02. The predicted molar refractivity (Wildman–Crippen MR) is 200 cm³/mol. The van der Waals surface area contributed by atoms with Crippen LogP contribution in [-0.4, -0.2) is 0 Å². The minimum atomic E-state index is 0.101. The Bertz CT molecular complexity index is 2380. The van der Waals surface area contributed by atoms with Gasteiger partial charge >= 0.3 is 0 Å². The van der Waals surface area contributed by atoms with Crippen molar-refractivity contribution < 1.29 is 4.42 Å². The molecule has 1 saturated carbocycles. The molecule has 6 aromatic carbocycles. The molecule has 11 rings (SSSR count). The molecule has 0 radical (unpaired) electrons. The number of furan rings is 1. The maximum Gasteiger partial charge on any atom is 0.143 e. The Morgan fingerprint density at radius 3 is 1.94 bits per heavy atom. The second-order valence-corrected chi connectivity index (χ2v) is 15.3. The SMILES string of the molecule is CC(C)(C)c1ccc2c(c1)C13CCC(CC1)c1cccc(c13)N2c1ccc(-c2cccc3c2oc2c(-c4ccccc4)cccc23)cc1. The highest BCUT2D eigenvalue weighted by atomic mass is 16.3. The summed E-state index contributed by atoms with van der Waals surface area (Å²) in [4.78, 5) is 2.55. The van der Waals surface area contributed by atoms with Gasteiger partial charge in [0.2, 0.25) is 0 Å². The Labute approximate surface area is 282 Å². The van der Waals surface area contributed by atoms with E-state index in [1.54, 1.807) is 11.1 Å². The number of nitrogens with zero attached hydrogens (tertiary/aromatic N) is 1. The second-order valence-electron chi connectivity index (χ2n) is 15.3. The first-order chi connectivity index (χ1) is 23.4. The first kappa shape index (κ1) is 28.0. The molecule has 1 aliphatic heterocycles. The van der Waals surface area contributed by atoms with Crippen LogP contribution in [0.5, 0.6) is 0 Å². The number of fused-ring (bicyclic) bond motifs is 6. The molecule has 0 atom stereocenters. The number of para-hydroxylation sites is 2. The van der Waals surface area contributed by atoms with E-state index in [-0.39, 0.29) is 10.8 Å². The first-order valence-corrected chi connectivity index (χ1v) is 17.6. The fourth-order valence-electron chi connectivity index (χ4n) is 9.35. The molecule has 1 fully saturated rings. The van der Waals surface area contributed by atoms with E-state index >= 15 is 0 Å². The highest BCUT2D eigenvalue weighted by Gasteiger charge is 2.51. The third-order valence-electron chi connectivity index (χ3n) is 11.7. The monoisotopic (exact) mass is 621 g/mol. The van der Waals surface area contributed by atoms with E-state index in [0.717, 1.165) is 38.6 Å². The minimum absolute atomic E-state index is 0.101. The molecule has 7 aromatic rings. The Balaban J connectivity index is 1.12. The van der Waals surface area contributed by atoms with Crippen LogP contribution in [0.4, 0.5) is 17.1 Å². The molecule has 0 unspecified atom stereocenters. The van der Waals surface area contributed by atoms with Crippen molar-refractivity contribution in [3.63, 3.8) is 0 Å². The molecule has 0 amide bonds. The molecule has 3 aliphatic carbocycles. The zero-order valence-corrected chi connectivity index (χ0v) is 27.9. The van der Waals surface area contributed by atoms with Crippen LogP contribution in [0.1, 0.15) is 74.6 Å². The standard InChI is InChI=1S/C46H39NO/c1-45(2,3)32-20-23-40-39(28-32)46-26-24-31(25-27-46)34-12-9-17-41(42(34)46)47(40)33-21-18-30(19-22-33)36-14-8-16-38-37-15-7-13-35(43(37)48-44(36)38)29-10-5-4-6-11-29/h4-23,28,31H,24-27H2,1-3H3. The number of hydrogen-bond acceptors (Lipinski definition) is 2. The maximum absolute atomic E-state index is 6.76. The molecule has 0 N–H and O–H groups in total. The molecule has 2 heteroatoms. The van der Waals surface area contributed by atoms with E-state index in [1.165, 1.54) is 59.4 Å². The summed E-state index contributed by atoms with van der Waals surface area (Å²) in [5.74, 6) is 0.685. The van der Waals surface area contributed by atoms with Crippen molar-refractivity contribution in [3.05, 3.63) is 150 Å². The molecule has 48 heavy (non-hydrogen) atoms. The molecule has 1 aromatic heterocycles. The predicted octanol–water partition coefficient (Wildman–Crippen LogP) is 13.0. The normalized spacial score (nSPS) is 19.5. The van der Waals surface area contributed by atoms with Crippen LogP contribution >= 0.6 is 0 Å². The fourth-order valence-corrected chi connectivity index (χ4v) is 9.35. The van der Waals surface area contributed by atoms with Crippen molar-refractivity contribution in [3.8, 4) is 22.3 Å². The smallest absolute Gasteiger partial charge is 0.143 e. The number of hydrogen-bond donors (Lipinski definition) is 0. The van der Waals surface area contributed by atoms with Crippen molar-refractivity contribution in [2.45, 2.75) is 63.2 Å². The van der Waals surface area contributed by atoms with Gasteiger partial charge in [-0.1, -0.05) is 124 Å². The van der Waals surface area contributed by atoms with Crippen LogP contribution in [0.2, 0.25) is 0 Å². The minimum Gasteiger partial charge on any atom is -0.455 e. The van der Waals surface area contributed by atoms with Crippen molar-refractivity contribution in [1.82, 2.24) is 0 Å².